The highest BCUT2D eigenvalue weighted by Crippen LogP contribution is 2.26. The van der Waals surface area contributed by atoms with Crippen molar-refractivity contribution < 1.29 is 4.79 Å². The molecule has 0 fully saturated rings. The van der Waals surface area contributed by atoms with Crippen LogP contribution in [0.1, 0.15) is 34.4 Å². The molecule has 0 radical (unpaired) electrons. The summed E-state index contributed by atoms with van der Waals surface area (Å²) in [5.74, 6) is 0.730. The van der Waals surface area contributed by atoms with E-state index in [4.69, 9.17) is 10.1 Å². The molecule has 2 heterocycles. The quantitative estimate of drug-likeness (QED) is 0.404. The predicted molar refractivity (Wildman–Crippen MR) is 134 cm³/mol. The lowest BCUT2D eigenvalue weighted by molar-refractivity contribution is -0.121. The van der Waals surface area contributed by atoms with Gasteiger partial charge in [-0.1, -0.05) is 60.7 Å². The third kappa shape index (κ3) is 3.99. The largest absolute Gasteiger partial charge is 0.342 e. The SMILES string of the molecule is Cc1nn(-c2ccccc2)c(C)c1CC(=O)NC(c1ccccc1)c1nc2ccccc2n1C. The summed E-state index contributed by atoms with van der Waals surface area (Å²) >= 11 is 0. The van der Waals surface area contributed by atoms with E-state index in [9.17, 15) is 4.79 Å². The minimum Gasteiger partial charge on any atom is -0.342 e. The second-order valence-corrected chi connectivity index (χ2v) is 8.50. The second-order valence-electron chi connectivity index (χ2n) is 8.50. The number of aromatic nitrogens is 4. The van der Waals surface area contributed by atoms with E-state index < -0.39 is 0 Å². The number of para-hydroxylation sites is 3. The summed E-state index contributed by atoms with van der Waals surface area (Å²) in [6.45, 7) is 3.96. The number of rotatable bonds is 6. The van der Waals surface area contributed by atoms with Crippen LogP contribution in [0.5, 0.6) is 0 Å². The van der Waals surface area contributed by atoms with Crippen molar-refractivity contribution in [1.82, 2.24) is 24.6 Å². The summed E-state index contributed by atoms with van der Waals surface area (Å²) in [7, 11) is 1.99. The average Bonchev–Trinajstić information content (AvgIpc) is 3.35. The van der Waals surface area contributed by atoms with E-state index in [2.05, 4.69) is 9.88 Å². The first kappa shape index (κ1) is 21.6. The summed E-state index contributed by atoms with van der Waals surface area (Å²) in [6.07, 6.45) is 0.248. The molecule has 170 valence electrons. The van der Waals surface area contributed by atoms with Crippen LogP contribution < -0.4 is 5.32 Å². The van der Waals surface area contributed by atoms with Crippen LogP contribution in [0.4, 0.5) is 0 Å². The first-order chi connectivity index (χ1) is 16.5. The highest BCUT2D eigenvalue weighted by molar-refractivity contribution is 5.81. The maximum Gasteiger partial charge on any atom is 0.225 e. The molecular weight excluding hydrogens is 422 g/mol. The predicted octanol–water partition coefficient (Wildman–Crippen LogP) is 4.82. The Balaban J connectivity index is 1.46. The minimum absolute atomic E-state index is 0.0697. The van der Waals surface area contributed by atoms with Crippen LogP contribution in [-0.2, 0) is 18.3 Å². The molecule has 0 aliphatic heterocycles. The van der Waals surface area contributed by atoms with Crippen LogP contribution in [-0.4, -0.2) is 25.2 Å². The van der Waals surface area contributed by atoms with Gasteiger partial charge in [0.05, 0.1) is 28.8 Å². The Morgan fingerprint density at radius 3 is 2.26 bits per heavy atom. The number of hydrogen-bond donors (Lipinski definition) is 1. The number of aryl methyl sites for hydroxylation is 2. The molecule has 6 heteroatoms. The van der Waals surface area contributed by atoms with Crippen molar-refractivity contribution in [3.63, 3.8) is 0 Å². The number of imidazole rings is 1. The Morgan fingerprint density at radius 1 is 0.912 bits per heavy atom. The first-order valence-electron chi connectivity index (χ1n) is 11.4. The third-order valence-electron chi connectivity index (χ3n) is 6.30. The van der Waals surface area contributed by atoms with Crippen LogP contribution in [0, 0.1) is 13.8 Å². The molecule has 1 amide bonds. The molecule has 6 nitrogen and oxygen atoms in total. The molecule has 5 aromatic rings. The Hall–Kier alpha value is -4.19. The molecule has 2 aromatic heterocycles. The fourth-order valence-corrected chi connectivity index (χ4v) is 4.49. The Labute approximate surface area is 198 Å². The second kappa shape index (κ2) is 8.98. The van der Waals surface area contributed by atoms with Crippen molar-refractivity contribution in [3.05, 3.63) is 113 Å². The van der Waals surface area contributed by atoms with Crippen LogP contribution in [0.3, 0.4) is 0 Å². The third-order valence-corrected chi connectivity index (χ3v) is 6.30. The van der Waals surface area contributed by atoms with Gasteiger partial charge in [-0.15, -0.1) is 0 Å². The van der Waals surface area contributed by atoms with Gasteiger partial charge in [-0.05, 0) is 43.7 Å². The molecule has 3 aromatic carbocycles. The average molecular weight is 450 g/mol. The zero-order valence-corrected chi connectivity index (χ0v) is 19.6. The van der Waals surface area contributed by atoms with Gasteiger partial charge in [0.25, 0.3) is 0 Å². The van der Waals surface area contributed by atoms with Gasteiger partial charge in [-0.2, -0.15) is 5.10 Å². The summed E-state index contributed by atoms with van der Waals surface area (Å²) < 4.78 is 3.95. The lowest BCUT2D eigenvalue weighted by atomic mass is 10.0. The lowest BCUT2D eigenvalue weighted by Gasteiger charge is -2.19. The van der Waals surface area contributed by atoms with Crippen LogP contribution in [0.15, 0.2) is 84.9 Å². The van der Waals surface area contributed by atoms with E-state index in [1.807, 2.05) is 111 Å². The molecule has 0 aliphatic rings. The van der Waals surface area contributed by atoms with E-state index in [1.54, 1.807) is 0 Å². The number of fused-ring (bicyclic) bond motifs is 1. The molecule has 1 N–H and O–H groups in total. The van der Waals surface area contributed by atoms with Crippen molar-refractivity contribution in [2.24, 2.45) is 7.05 Å². The van der Waals surface area contributed by atoms with Gasteiger partial charge >= 0.3 is 0 Å². The number of hydrogen-bond acceptors (Lipinski definition) is 3. The number of nitrogens with one attached hydrogen (secondary N) is 1. The van der Waals surface area contributed by atoms with E-state index >= 15 is 0 Å². The van der Waals surface area contributed by atoms with Gasteiger partial charge in [0.15, 0.2) is 0 Å². The summed E-state index contributed by atoms with van der Waals surface area (Å²) in [5, 5.41) is 7.94. The molecule has 34 heavy (non-hydrogen) atoms. The fourth-order valence-electron chi connectivity index (χ4n) is 4.49. The minimum atomic E-state index is -0.365. The molecule has 0 spiro atoms. The van der Waals surface area contributed by atoms with Crippen LogP contribution in [0.2, 0.25) is 0 Å². The van der Waals surface area contributed by atoms with Crippen molar-refractivity contribution in [1.29, 1.82) is 0 Å². The summed E-state index contributed by atoms with van der Waals surface area (Å²) in [6, 6.07) is 27.6. The van der Waals surface area contributed by atoms with E-state index in [-0.39, 0.29) is 18.4 Å². The number of carbonyl (C=O) groups is 1. The molecule has 0 saturated heterocycles. The lowest BCUT2D eigenvalue weighted by Crippen LogP contribution is -2.32. The smallest absolute Gasteiger partial charge is 0.225 e. The standard InChI is InChI=1S/C28H27N5O/c1-19-23(20(2)33(31-19)22-14-8-5-9-15-22)18-26(34)30-27(21-12-6-4-7-13-21)28-29-24-16-10-11-17-25(24)32(28)3/h4-17,27H,18H2,1-3H3,(H,30,34). The Kier molecular flexibility index (Phi) is 5.72. The highest BCUT2D eigenvalue weighted by atomic mass is 16.1. The van der Waals surface area contributed by atoms with Gasteiger partial charge in [-0.3, -0.25) is 4.79 Å². The van der Waals surface area contributed by atoms with Gasteiger partial charge in [0.2, 0.25) is 5.91 Å². The number of nitrogens with zero attached hydrogens (tertiary/aromatic N) is 4. The van der Waals surface area contributed by atoms with Gasteiger partial charge in [-0.25, -0.2) is 9.67 Å². The molecule has 1 unspecified atom stereocenters. The van der Waals surface area contributed by atoms with Crippen LogP contribution in [0.25, 0.3) is 16.7 Å². The van der Waals surface area contributed by atoms with Crippen molar-refractivity contribution in [3.8, 4) is 5.69 Å². The number of amides is 1. The van der Waals surface area contributed by atoms with Gasteiger partial charge < -0.3 is 9.88 Å². The topological polar surface area (TPSA) is 64.7 Å². The first-order valence-corrected chi connectivity index (χ1v) is 11.4. The van der Waals surface area contributed by atoms with Crippen LogP contribution >= 0.6 is 0 Å². The molecule has 0 aliphatic carbocycles. The molecule has 0 bridgehead atoms. The maximum absolute atomic E-state index is 13.4. The number of benzene rings is 3. The zero-order chi connectivity index (χ0) is 23.7. The normalized spacial score (nSPS) is 12.1. The molecule has 5 rings (SSSR count). The van der Waals surface area contributed by atoms with Crippen molar-refractivity contribution in [2.45, 2.75) is 26.3 Å². The van der Waals surface area contributed by atoms with Crippen molar-refractivity contribution >= 4 is 16.9 Å². The van der Waals surface area contributed by atoms with Gasteiger partial charge in [0.1, 0.15) is 11.9 Å². The number of carbonyl (C=O) groups excluding carboxylic acids is 1. The zero-order valence-electron chi connectivity index (χ0n) is 19.6. The Bertz CT molecular complexity index is 1450. The molecule has 1 atom stereocenters. The highest BCUT2D eigenvalue weighted by Gasteiger charge is 2.24. The Morgan fingerprint density at radius 2 is 1.56 bits per heavy atom. The van der Waals surface area contributed by atoms with E-state index in [0.717, 1.165) is 45.1 Å². The molecule has 0 saturated carbocycles. The summed E-state index contributed by atoms with van der Waals surface area (Å²) in [4.78, 5) is 18.2. The molecular formula is C28H27N5O. The maximum atomic E-state index is 13.4. The fraction of sp³-hybridized carbons (Fsp3) is 0.179. The monoisotopic (exact) mass is 449 g/mol. The van der Waals surface area contributed by atoms with E-state index in [0.29, 0.717) is 0 Å². The van der Waals surface area contributed by atoms with Crippen molar-refractivity contribution in [2.75, 3.05) is 0 Å². The van der Waals surface area contributed by atoms with E-state index in [1.165, 1.54) is 0 Å². The van der Waals surface area contributed by atoms with Gasteiger partial charge in [0, 0.05) is 18.3 Å². The summed E-state index contributed by atoms with van der Waals surface area (Å²) in [5.41, 5.74) is 6.68.